The van der Waals surface area contributed by atoms with Crippen molar-refractivity contribution in [1.29, 1.82) is 0 Å². The first-order chi connectivity index (χ1) is 11.3. The minimum atomic E-state index is -0.765. The predicted octanol–water partition coefficient (Wildman–Crippen LogP) is 3.63. The van der Waals surface area contributed by atoms with Crippen LogP contribution in [0.15, 0.2) is 36.4 Å². The predicted molar refractivity (Wildman–Crippen MR) is 88.3 cm³/mol. The number of hydrogen-bond donors (Lipinski definition) is 1. The van der Waals surface area contributed by atoms with E-state index in [1.165, 1.54) is 6.92 Å². The molecule has 0 unspecified atom stereocenters. The first kappa shape index (κ1) is 17.1. The topological polar surface area (TPSA) is 115 Å². The Balaban J connectivity index is 2.40. The Labute approximate surface area is 137 Å². The van der Waals surface area contributed by atoms with Gasteiger partial charge in [0, 0.05) is 17.3 Å². The maximum absolute atomic E-state index is 12.4. The van der Waals surface area contributed by atoms with E-state index in [-0.39, 0.29) is 11.1 Å². The summed E-state index contributed by atoms with van der Waals surface area (Å²) in [6.07, 6.45) is 0.852. The molecular weight excluding hydrogens is 314 g/mol. The summed E-state index contributed by atoms with van der Waals surface area (Å²) in [6, 6.07) is 8.99. The molecule has 8 nitrogen and oxygen atoms in total. The van der Waals surface area contributed by atoms with E-state index in [0.717, 1.165) is 24.1 Å². The average molecular weight is 329 g/mol. The molecule has 0 aliphatic carbocycles. The van der Waals surface area contributed by atoms with Crippen LogP contribution in [0.4, 0.5) is 17.1 Å². The number of aryl methyl sites for hydroxylation is 1. The van der Waals surface area contributed by atoms with Crippen molar-refractivity contribution in [3.05, 3.63) is 73.3 Å². The summed E-state index contributed by atoms with van der Waals surface area (Å²) in [6.45, 7) is 3.39. The number of hydrogen-bond acceptors (Lipinski definition) is 5. The van der Waals surface area contributed by atoms with E-state index in [2.05, 4.69) is 5.32 Å². The molecule has 0 fully saturated rings. The SMILES string of the molecule is CCc1ccc(NC(=O)c2cc([N+](=O)[O-])cc([N+](=O)[O-])c2C)cc1. The van der Waals surface area contributed by atoms with E-state index in [1.807, 2.05) is 19.1 Å². The highest BCUT2D eigenvalue weighted by Crippen LogP contribution is 2.28. The molecule has 2 rings (SSSR count). The smallest absolute Gasteiger partial charge is 0.279 e. The summed E-state index contributed by atoms with van der Waals surface area (Å²) in [5.41, 5.74) is 0.610. The van der Waals surface area contributed by atoms with Gasteiger partial charge in [0.2, 0.25) is 0 Å². The molecule has 0 aliphatic heterocycles. The summed E-state index contributed by atoms with van der Waals surface area (Å²) in [7, 11) is 0. The monoisotopic (exact) mass is 329 g/mol. The van der Waals surface area contributed by atoms with E-state index in [0.29, 0.717) is 5.69 Å². The zero-order valence-electron chi connectivity index (χ0n) is 13.1. The van der Waals surface area contributed by atoms with Gasteiger partial charge in [-0.25, -0.2) is 0 Å². The number of amides is 1. The number of carbonyl (C=O) groups is 1. The zero-order valence-corrected chi connectivity index (χ0v) is 13.1. The fraction of sp³-hybridized carbons (Fsp3) is 0.188. The molecule has 2 aromatic rings. The number of carbonyl (C=O) groups excluding carboxylic acids is 1. The van der Waals surface area contributed by atoms with Crippen molar-refractivity contribution in [3.8, 4) is 0 Å². The molecule has 0 bridgehead atoms. The van der Waals surface area contributed by atoms with Gasteiger partial charge in [-0.1, -0.05) is 19.1 Å². The molecule has 8 heteroatoms. The molecule has 2 aromatic carbocycles. The average Bonchev–Trinajstić information content (AvgIpc) is 2.55. The van der Waals surface area contributed by atoms with E-state index < -0.39 is 27.1 Å². The number of nitrogens with zero attached hydrogens (tertiary/aromatic N) is 2. The molecule has 0 spiro atoms. The number of non-ortho nitro benzene ring substituents is 1. The normalized spacial score (nSPS) is 10.2. The number of nitro groups is 2. The van der Waals surface area contributed by atoms with Gasteiger partial charge in [-0.2, -0.15) is 0 Å². The molecule has 24 heavy (non-hydrogen) atoms. The van der Waals surface area contributed by atoms with Crippen molar-refractivity contribution in [2.45, 2.75) is 20.3 Å². The quantitative estimate of drug-likeness (QED) is 0.664. The third-order valence-electron chi connectivity index (χ3n) is 3.64. The molecule has 124 valence electrons. The van der Waals surface area contributed by atoms with Gasteiger partial charge >= 0.3 is 0 Å². The molecule has 0 atom stereocenters. The Morgan fingerprint density at radius 2 is 1.71 bits per heavy atom. The van der Waals surface area contributed by atoms with Gasteiger partial charge in [0.25, 0.3) is 17.3 Å². The minimum Gasteiger partial charge on any atom is -0.322 e. The Morgan fingerprint density at radius 1 is 1.08 bits per heavy atom. The second-order valence-electron chi connectivity index (χ2n) is 5.16. The standard InChI is InChI=1S/C16H15N3O5/c1-3-11-4-6-12(7-5-11)17-16(20)14-8-13(18(21)22)9-15(10(14)2)19(23)24/h4-9H,3H2,1-2H3,(H,17,20). The first-order valence-corrected chi connectivity index (χ1v) is 7.17. The lowest BCUT2D eigenvalue weighted by molar-refractivity contribution is -0.394. The molecular formula is C16H15N3O5. The van der Waals surface area contributed by atoms with Crippen LogP contribution in [0.25, 0.3) is 0 Å². The molecule has 0 radical (unpaired) electrons. The van der Waals surface area contributed by atoms with E-state index in [1.54, 1.807) is 12.1 Å². The van der Waals surface area contributed by atoms with Crippen molar-refractivity contribution in [2.75, 3.05) is 5.32 Å². The fourth-order valence-electron chi connectivity index (χ4n) is 2.24. The largest absolute Gasteiger partial charge is 0.322 e. The van der Waals surface area contributed by atoms with Gasteiger partial charge in [0.1, 0.15) is 0 Å². The molecule has 0 aliphatic rings. The number of nitro benzene ring substituents is 2. The lowest BCUT2D eigenvalue weighted by Crippen LogP contribution is -2.14. The molecule has 0 saturated heterocycles. The van der Waals surface area contributed by atoms with Crippen LogP contribution < -0.4 is 5.32 Å². The molecule has 0 saturated carbocycles. The summed E-state index contributed by atoms with van der Waals surface area (Å²) >= 11 is 0. The molecule has 0 heterocycles. The highest BCUT2D eigenvalue weighted by molar-refractivity contribution is 6.06. The molecule has 1 amide bonds. The second-order valence-corrected chi connectivity index (χ2v) is 5.16. The van der Waals surface area contributed by atoms with Crippen LogP contribution in [0.3, 0.4) is 0 Å². The Kier molecular flexibility index (Phi) is 4.88. The Bertz CT molecular complexity index is 815. The van der Waals surface area contributed by atoms with Crippen molar-refractivity contribution in [2.24, 2.45) is 0 Å². The summed E-state index contributed by atoms with van der Waals surface area (Å²) in [5.74, 6) is -0.636. The van der Waals surface area contributed by atoms with Crippen molar-refractivity contribution in [1.82, 2.24) is 0 Å². The van der Waals surface area contributed by atoms with Gasteiger partial charge in [-0.15, -0.1) is 0 Å². The van der Waals surface area contributed by atoms with Crippen LogP contribution in [-0.2, 0) is 6.42 Å². The van der Waals surface area contributed by atoms with Crippen LogP contribution >= 0.6 is 0 Å². The van der Waals surface area contributed by atoms with Gasteiger partial charge in [-0.3, -0.25) is 25.0 Å². The summed E-state index contributed by atoms with van der Waals surface area (Å²) in [5, 5.41) is 24.6. The zero-order chi connectivity index (χ0) is 17.9. The van der Waals surface area contributed by atoms with Crippen molar-refractivity contribution < 1.29 is 14.6 Å². The van der Waals surface area contributed by atoms with E-state index >= 15 is 0 Å². The number of anilines is 1. The van der Waals surface area contributed by atoms with Crippen molar-refractivity contribution >= 4 is 23.0 Å². The lowest BCUT2D eigenvalue weighted by Gasteiger charge is -2.09. The second kappa shape index (κ2) is 6.86. The van der Waals surface area contributed by atoms with Crippen molar-refractivity contribution in [3.63, 3.8) is 0 Å². The highest BCUT2D eigenvalue weighted by Gasteiger charge is 2.24. The Hall–Kier alpha value is -3.29. The van der Waals surface area contributed by atoms with Gasteiger partial charge in [0.05, 0.1) is 21.5 Å². The van der Waals surface area contributed by atoms with Gasteiger partial charge < -0.3 is 5.32 Å². The minimum absolute atomic E-state index is 0.0771. The molecule has 1 N–H and O–H groups in total. The maximum atomic E-state index is 12.4. The highest BCUT2D eigenvalue weighted by atomic mass is 16.6. The number of benzene rings is 2. The summed E-state index contributed by atoms with van der Waals surface area (Å²) < 4.78 is 0. The lowest BCUT2D eigenvalue weighted by atomic mass is 10.0. The van der Waals surface area contributed by atoms with E-state index in [4.69, 9.17) is 0 Å². The number of nitrogens with one attached hydrogen (secondary N) is 1. The number of rotatable bonds is 5. The third-order valence-corrected chi connectivity index (χ3v) is 3.64. The van der Waals surface area contributed by atoms with E-state index in [9.17, 15) is 25.0 Å². The maximum Gasteiger partial charge on any atom is 0.279 e. The Morgan fingerprint density at radius 3 is 2.21 bits per heavy atom. The summed E-state index contributed by atoms with van der Waals surface area (Å²) in [4.78, 5) is 32.9. The fourth-order valence-corrected chi connectivity index (χ4v) is 2.24. The first-order valence-electron chi connectivity index (χ1n) is 7.17. The van der Waals surface area contributed by atoms with Gasteiger partial charge in [-0.05, 0) is 31.0 Å². The van der Waals surface area contributed by atoms with Gasteiger partial charge in [0.15, 0.2) is 0 Å². The van der Waals surface area contributed by atoms with Crippen LogP contribution in [0, 0.1) is 27.2 Å². The van der Waals surface area contributed by atoms with Crippen LogP contribution in [0.2, 0.25) is 0 Å². The van der Waals surface area contributed by atoms with Crippen LogP contribution in [0.5, 0.6) is 0 Å². The third kappa shape index (κ3) is 3.54. The van der Waals surface area contributed by atoms with Crippen LogP contribution in [0.1, 0.15) is 28.4 Å². The van der Waals surface area contributed by atoms with Crippen LogP contribution in [-0.4, -0.2) is 15.8 Å². The molecule has 0 aromatic heterocycles.